The van der Waals surface area contributed by atoms with Crippen LogP contribution < -0.4 is 5.73 Å². The van der Waals surface area contributed by atoms with Crippen molar-refractivity contribution < 1.29 is 4.79 Å². The molecule has 3 unspecified atom stereocenters. The SMILES string of the molecule is CCCCCN(C(=O)C1CCC(N)C(C)C1)C(C)C. The van der Waals surface area contributed by atoms with Crippen LogP contribution in [0, 0.1) is 11.8 Å². The van der Waals surface area contributed by atoms with E-state index in [1.165, 1.54) is 12.8 Å². The third-order valence-corrected chi connectivity index (χ3v) is 4.49. The molecule has 0 aromatic carbocycles. The average molecular weight is 268 g/mol. The maximum Gasteiger partial charge on any atom is 0.225 e. The molecule has 112 valence electrons. The lowest BCUT2D eigenvalue weighted by Crippen LogP contribution is -2.45. The predicted molar refractivity (Wildman–Crippen MR) is 80.9 cm³/mol. The van der Waals surface area contributed by atoms with Crippen LogP contribution in [0.4, 0.5) is 0 Å². The molecule has 1 aliphatic carbocycles. The van der Waals surface area contributed by atoms with E-state index < -0.39 is 0 Å². The molecular formula is C16H32N2O. The number of nitrogens with zero attached hydrogens (tertiary/aromatic N) is 1. The zero-order chi connectivity index (χ0) is 14.4. The Balaban J connectivity index is 2.56. The van der Waals surface area contributed by atoms with Gasteiger partial charge in [-0.2, -0.15) is 0 Å². The largest absolute Gasteiger partial charge is 0.340 e. The van der Waals surface area contributed by atoms with Gasteiger partial charge in [0.05, 0.1) is 0 Å². The first-order chi connectivity index (χ1) is 8.97. The molecule has 0 heterocycles. The van der Waals surface area contributed by atoms with Crippen LogP contribution in [-0.4, -0.2) is 29.4 Å². The second kappa shape index (κ2) is 7.88. The van der Waals surface area contributed by atoms with Crippen LogP contribution in [0.1, 0.15) is 66.2 Å². The summed E-state index contributed by atoms with van der Waals surface area (Å²) in [5, 5.41) is 0. The highest BCUT2D eigenvalue weighted by Crippen LogP contribution is 2.30. The van der Waals surface area contributed by atoms with Crippen molar-refractivity contribution in [3.8, 4) is 0 Å². The van der Waals surface area contributed by atoms with Gasteiger partial charge in [-0.25, -0.2) is 0 Å². The molecule has 1 rings (SSSR count). The van der Waals surface area contributed by atoms with Crippen LogP contribution >= 0.6 is 0 Å². The maximum atomic E-state index is 12.7. The fourth-order valence-electron chi connectivity index (χ4n) is 3.03. The second-order valence-corrected chi connectivity index (χ2v) is 6.48. The summed E-state index contributed by atoms with van der Waals surface area (Å²) in [4.78, 5) is 14.8. The van der Waals surface area contributed by atoms with Crippen LogP contribution in [0.5, 0.6) is 0 Å². The number of unbranched alkanes of at least 4 members (excludes halogenated alkanes) is 2. The Labute approximate surface area is 118 Å². The Hall–Kier alpha value is -0.570. The van der Waals surface area contributed by atoms with Crippen LogP contribution in [0.15, 0.2) is 0 Å². The molecule has 0 aromatic heterocycles. The van der Waals surface area contributed by atoms with Crippen LogP contribution in [0.25, 0.3) is 0 Å². The number of rotatable bonds is 6. The first kappa shape index (κ1) is 16.5. The van der Waals surface area contributed by atoms with E-state index in [2.05, 4.69) is 32.6 Å². The minimum atomic E-state index is 0.207. The zero-order valence-corrected chi connectivity index (χ0v) is 13.2. The second-order valence-electron chi connectivity index (χ2n) is 6.48. The van der Waals surface area contributed by atoms with Crippen LogP contribution in [0.2, 0.25) is 0 Å². The minimum Gasteiger partial charge on any atom is -0.340 e. The smallest absolute Gasteiger partial charge is 0.225 e. The first-order valence-corrected chi connectivity index (χ1v) is 8.03. The Kier molecular flexibility index (Phi) is 6.84. The number of nitrogens with two attached hydrogens (primary N) is 1. The molecule has 1 aliphatic rings. The van der Waals surface area contributed by atoms with Gasteiger partial charge in [-0.1, -0.05) is 26.7 Å². The molecule has 0 aromatic rings. The van der Waals surface area contributed by atoms with E-state index in [1.807, 2.05) is 0 Å². The minimum absolute atomic E-state index is 0.207. The highest BCUT2D eigenvalue weighted by Gasteiger charge is 2.32. The summed E-state index contributed by atoms with van der Waals surface area (Å²) in [7, 11) is 0. The molecule has 19 heavy (non-hydrogen) atoms. The summed E-state index contributed by atoms with van der Waals surface area (Å²) >= 11 is 0. The van der Waals surface area contributed by atoms with Crippen molar-refractivity contribution in [2.45, 2.75) is 78.3 Å². The molecule has 3 atom stereocenters. The molecule has 1 amide bonds. The summed E-state index contributed by atoms with van der Waals surface area (Å²) < 4.78 is 0. The molecule has 2 N–H and O–H groups in total. The van der Waals surface area contributed by atoms with Crippen LogP contribution in [-0.2, 0) is 4.79 Å². The summed E-state index contributed by atoms with van der Waals surface area (Å²) in [6.07, 6.45) is 6.48. The van der Waals surface area contributed by atoms with Gasteiger partial charge in [0.1, 0.15) is 0 Å². The lowest BCUT2D eigenvalue weighted by atomic mass is 9.78. The Morgan fingerprint density at radius 2 is 2.00 bits per heavy atom. The normalized spacial score (nSPS) is 27.6. The predicted octanol–water partition coefficient (Wildman–Crippen LogP) is 3.18. The van der Waals surface area contributed by atoms with E-state index in [-0.39, 0.29) is 12.0 Å². The molecule has 3 heteroatoms. The van der Waals surface area contributed by atoms with Crippen molar-refractivity contribution in [3.05, 3.63) is 0 Å². The number of carbonyl (C=O) groups excluding carboxylic acids is 1. The highest BCUT2D eigenvalue weighted by atomic mass is 16.2. The third kappa shape index (κ3) is 4.79. The van der Waals surface area contributed by atoms with Gasteiger partial charge in [0.2, 0.25) is 5.91 Å². The van der Waals surface area contributed by atoms with E-state index in [0.717, 1.165) is 32.2 Å². The van der Waals surface area contributed by atoms with Gasteiger partial charge >= 0.3 is 0 Å². The van der Waals surface area contributed by atoms with Crippen molar-refractivity contribution >= 4 is 5.91 Å². The van der Waals surface area contributed by atoms with E-state index in [0.29, 0.717) is 17.9 Å². The molecule has 0 radical (unpaired) electrons. The average Bonchev–Trinajstić information content (AvgIpc) is 2.37. The van der Waals surface area contributed by atoms with E-state index >= 15 is 0 Å². The van der Waals surface area contributed by atoms with Gasteiger partial charge < -0.3 is 10.6 Å². The van der Waals surface area contributed by atoms with Crippen molar-refractivity contribution in [1.82, 2.24) is 4.90 Å². The molecule has 0 saturated heterocycles. The van der Waals surface area contributed by atoms with Crippen molar-refractivity contribution in [2.75, 3.05) is 6.54 Å². The molecule has 1 saturated carbocycles. The summed E-state index contributed by atoms with van der Waals surface area (Å²) in [5.74, 6) is 1.05. The summed E-state index contributed by atoms with van der Waals surface area (Å²) in [5.41, 5.74) is 6.05. The Morgan fingerprint density at radius 3 is 2.53 bits per heavy atom. The van der Waals surface area contributed by atoms with E-state index in [4.69, 9.17) is 5.73 Å². The molecule has 0 aliphatic heterocycles. The van der Waals surface area contributed by atoms with Gasteiger partial charge in [-0.15, -0.1) is 0 Å². The highest BCUT2D eigenvalue weighted by molar-refractivity contribution is 5.79. The number of carbonyl (C=O) groups is 1. The number of amides is 1. The zero-order valence-electron chi connectivity index (χ0n) is 13.2. The number of hydrogen-bond acceptors (Lipinski definition) is 2. The van der Waals surface area contributed by atoms with Gasteiger partial charge in [-0.05, 0) is 45.4 Å². The molecular weight excluding hydrogens is 236 g/mol. The van der Waals surface area contributed by atoms with Crippen molar-refractivity contribution in [3.63, 3.8) is 0 Å². The van der Waals surface area contributed by atoms with E-state index in [9.17, 15) is 4.79 Å². The third-order valence-electron chi connectivity index (χ3n) is 4.49. The summed E-state index contributed by atoms with van der Waals surface area (Å²) in [6.45, 7) is 9.55. The van der Waals surface area contributed by atoms with E-state index in [1.54, 1.807) is 0 Å². The van der Waals surface area contributed by atoms with Crippen LogP contribution in [0.3, 0.4) is 0 Å². The molecule has 0 spiro atoms. The van der Waals surface area contributed by atoms with Gasteiger partial charge in [0.25, 0.3) is 0 Å². The molecule has 0 bridgehead atoms. The Morgan fingerprint density at radius 1 is 1.32 bits per heavy atom. The lowest BCUT2D eigenvalue weighted by Gasteiger charge is -2.36. The summed E-state index contributed by atoms with van der Waals surface area (Å²) in [6, 6.07) is 0.604. The Bertz CT molecular complexity index is 278. The number of hydrogen-bond donors (Lipinski definition) is 1. The molecule has 1 fully saturated rings. The van der Waals surface area contributed by atoms with Crippen molar-refractivity contribution in [2.24, 2.45) is 17.6 Å². The van der Waals surface area contributed by atoms with Gasteiger partial charge in [-0.3, -0.25) is 4.79 Å². The standard InChI is InChI=1S/C16H32N2O/c1-5-6-7-10-18(12(2)3)16(19)14-8-9-15(17)13(4)11-14/h12-15H,5-11,17H2,1-4H3. The van der Waals surface area contributed by atoms with Crippen molar-refractivity contribution in [1.29, 1.82) is 0 Å². The monoisotopic (exact) mass is 268 g/mol. The fourth-order valence-corrected chi connectivity index (χ4v) is 3.03. The van der Waals surface area contributed by atoms with Gasteiger partial charge in [0.15, 0.2) is 0 Å². The quantitative estimate of drug-likeness (QED) is 0.752. The fraction of sp³-hybridized carbons (Fsp3) is 0.938. The lowest BCUT2D eigenvalue weighted by molar-refractivity contribution is -0.139. The molecule has 3 nitrogen and oxygen atoms in total. The van der Waals surface area contributed by atoms with Gasteiger partial charge in [0, 0.05) is 24.5 Å². The first-order valence-electron chi connectivity index (χ1n) is 8.03. The maximum absolute atomic E-state index is 12.7. The topological polar surface area (TPSA) is 46.3 Å².